The molecular weight excluding hydrogens is 266 g/mol. The van der Waals surface area contributed by atoms with E-state index in [0.717, 1.165) is 21.7 Å². The van der Waals surface area contributed by atoms with Gasteiger partial charge >= 0.3 is 0 Å². The van der Waals surface area contributed by atoms with E-state index >= 15 is 0 Å². The molecule has 0 radical (unpaired) electrons. The molecule has 2 aromatic carbocycles. The van der Waals surface area contributed by atoms with Gasteiger partial charge in [-0.1, -0.05) is 62.7 Å². The van der Waals surface area contributed by atoms with Crippen molar-refractivity contribution >= 4 is 11.6 Å². The minimum absolute atomic E-state index is 0.110. The van der Waals surface area contributed by atoms with Crippen LogP contribution < -0.4 is 5.73 Å². The Kier molecular flexibility index (Phi) is 4.22. The van der Waals surface area contributed by atoms with Crippen molar-refractivity contribution in [2.24, 2.45) is 5.73 Å². The van der Waals surface area contributed by atoms with Crippen molar-refractivity contribution in [3.05, 3.63) is 69.7 Å². The normalized spacial score (nSPS) is 13.3. The molecule has 0 bridgehead atoms. The van der Waals surface area contributed by atoms with Crippen molar-refractivity contribution in [3.8, 4) is 0 Å². The monoisotopic (exact) mass is 287 g/mol. The second-order valence-corrected chi connectivity index (χ2v) is 6.79. The molecule has 20 heavy (non-hydrogen) atoms. The van der Waals surface area contributed by atoms with E-state index in [1.807, 2.05) is 25.1 Å². The fourth-order valence-electron chi connectivity index (χ4n) is 2.36. The van der Waals surface area contributed by atoms with Crippen LogP contribution in [0.2, 0.25) is 5.02 Å². The molecular formula is C18H22ClN. The molecule has 1 nitrogen and oxygen atoms in total. The SMILES string of the molecule is Cc1cc(Cl)ccc1C(N)c1ccc(C(C)(C)C)cc1. The van der Waals surface area contributed by atoms with Gasteiger partial charge in [0.2, 0.25) is 0 Å². The molecule has 0 saturated carbocycles. The summed E-state index contributed by atoms with van der Waals surface area (Å²) in [6, 6.07) is 14.3. The zero-order valence-electron chi connectivity index (χ0n) is 12.6. The van der Waals surface area contributed by atoms with Crippen molar-refractivity contribution in [2.75, 3.05) is 0 Å². The minimum atomic E-state index is -0.110. The Morgan fingerprint density at radius 2 is 1.60 bits per heavy atom. The van der Waals surface area contributed by atoms with Crippen molar-refractivity contribution in [1.29, 1.82) is 0 Å². The number of rotatable bonds is 2. The van der Waals surface area contributed by atoms with Crippen molar-refractivity contribution in [3.63, 3.8) is 0 Å². The second kappa shape index (κ2) is 5.59. The lowest BCUT2D eigenvalue weighted by atomic mass is 9.85. The first-order valence-corrected chi connectivity index (χ1v) is 7.29. The maximum Gasteiger partial charge on any atom is 0.0554 e. The Hall–Kier alpha value is -1.31. The lowest BCUT2D eigenvalue weighted by Gasteiger charge is -2.21. The lowest BCUT2D eigenvalue weighted by molar-refractivity contribution is 0.589. The van der Waals surface area contributed by atoms with Gasteiger partial charge in [-0.15, -0.1) is 0 Å². The molecule has 2 aromatic rings. The van der Waals surface area contributed by atoms with Crippen LogP contribution in [0.25, 0.3) is 0 Å². The number of hydrogen-bond donors (Lipinski definition) is 1. The van der Waals surface area contributed by atoms with Crippen LogP contribution in [-0.4, -0.2) is 0 Å². The van der Waals surface area contributed by atoms with Crippen LogP contribution in [0, 0.1) is 6.92 Å². The van der Waals surface area contributed by atoms with Crippen LogP contribution in [0.5, 0.6) is 0 Å². The molecule has 1 atom stereocenters. The Morgan fingerprint density at radius 1 is 1.00 bits per heavy atom. The molecule has 0 aliphatic rings. The standard InChI is InChI=1S/C18H22ClN/c1-12-11-15(19)9-10-16(12)17(20)13-5-7-14(8-6-13)18(2,3)4/h5-11,17H,20H2,1-4H3. The first kappa shape index (κ1) is 15.1. The largest absolute Gasteiger partial charge is 0.320 e. The summed E-state index contributed by atoms with van der Waals surface area (Å²) in [6.45, 7) is 8.69. The van der Waals surface area contributed by atoms with E-state index in [9.17, 15) is 0 Å². The van der Waals surface area contributed by atoms with Gasteiger partial charge in [-0.05, 0) is 46.7 Å². The molecule has 0 aliphatic heterocycles. The number of benzene rings is 2. The van der Waals surface area contributed by atoms with E-state index in [-0.39, 0.29) is 11.5 Å². The van der Waals surface area contributed by atoms with Crippen molar-refractivity contribution in [1.82, 2.24) is 0 Å². The summed E-state index contributed by atoms with van der Waals surface area (Å²) in [5, 5.41) is 0.751. The maximum atomic E-state index is 6.38. The Labute approximate surface area is 126 Å². The summed E-state index contributed by atoms with van der Waals surface area (Å²) in [7, 11) is 0. The van der Waals surface area contributed by atoms with E-state index in [2.05, 4.69) is 45.0 Å². The molecule has 2 heteroatoms. The van der Waals surface area contributed by atoms with E-state index in [1.165, 1.54) is 5.56 Å². The summed E-state index contributed by atoms with van der Waals surface area (Å²) in [6.07, 6.45) is 0. The fourth-order valence-corrected chi connectivity index (χ4v) is 2.58. The van der Waals surface area contributed by atoms with E-state index in [4.69, 9.17) is 17.3 Å². The number of halogens is 1. The van der Waals surface area contributed by atoms with Gasteiger partial charge in [-0.25, -0.2) is 0 Å². The quantitative estimate of drug-likeness (QED) is 0.827. The predicted molar refractivity (Wildman–Crippen MR) is 87.4 cm³/mol. The summed E-state index contributed by atoms with van der Waals surface area (Å²) < 4.78 is 0. The molecule has 2 N–H and O–H groups in total. The average molecular weight is 288 g/mol. The smallest absolute Gasteiger partial charge is 0.0554 e. The van der Waals surface area contributed by atoms with Gasteiger partial charge in [-0.2, -0.15) is 0 Å². The summed E-state index contributed by atoms with van der Waals surface area (Å²) in [5.74, 6) is 0. The van der Waals surface area contributed by atoms with Crippen LogP contribution >= 0.6 is 11.6 Å². The van der Waals surface area contributed by atoms with Crippen LogP contribution in [0.3, 0.4) is 0 Å². The van der Waals surface area contributed by atoms with E-state index < -0.39 is 0 Å². The predicted octanol–water partition coefficient (Wildman–Crippen LogP) is 4.99. The van der Waals surface area contributed by atoms with Crippen LogP contribution in [0.15, 0.2) is 42.5 Å². The third-order valence-corrected chi connectivity index (χ3v) is 3.94. The van der Waals surface area contributed by atoms with Crippen LogP contribution in [0.1, 0.15) is 49.1 Å². The molecule has 0 spiro atoms. The zero-order valence-corrected chi connectivity index (χ0v) is 13.3. The molecule has 0 saturated heterocycles. The third-order valence-electron chi connectivity index (χ3n) is 3.70. The van der Waals surface area contributed by atoms with Gasteiger partial charge in [0.05, 0.1) is 6.04 Å². The summed E-state index contributed by atoms with van der Waals surface area (Å²) in [4.78, 5) is 0. The first-order valence-electron chi connectivity index (χ1n) is 6.91. The van der Waals surface area contributed by atoms with Gasteiger partial charge in [0.25, 0.3) is 0 Å². The van der Waals surface area contributed by atoms with Gasteiger partial charge in [0.15, 0.2) is 0 Å². The molecule has 106 valence electrons. The maximum absolute atomic E-state index is 6.38. The van der Waals surface area contributed by atoms with Gasteiger partial charge < -0.3 is 5.73 Å². The number of aryl methyl sites for hydroxylation is 1. The number of nitrogens with two attached hydrogens (primary N) is 1. The van der Waals surface area contributed by atoms with E-state index in [1.54, 1.807) is 0 Å². The molecule has 0 heterocycles. The Bertz CT molecular complexity index is 594. The fraction of sp³-hybridized carbons (Fsp3) is 0.333. The average Bonchev–Trinajstić information content (AvgIpc) is 2.37. The van der Waals surface area contributed by atoms with Crippen LogP contribution in [-0.2, 0) is 5.41 Å². The lowest BCUT2D eigenvalue weighted by Crippen LogP contribution is -2.15. The third kappa shape index (κ3) is 3.23. The molecule has 0 aliphatic carbocycles. The Morgan fingerprint density at radius 3 is 2.10 bits per heavy atom. The van der Waals surface area contributed by atoms with Crippen LogP contribution in [0.4, 0.5) is 0 Å². The Balaban J connectivity index is 2.31. The molecule has 1 unspecified atom stereocenters. The van der Waals surface area contributed by atoms with E-state index in [0.29, 0.717) is 0 Å². The number of hydrogen-bond acceptors (Lipinski definition) is 1. The van der Waals surface area contributed by atoms with Gasteiger partial charge in [0, 0.05) is 5.02 Å². The zero-order chi connectivity index (χ0) is 14.9. The molecule has 2 rings (SSSR count). The summed E-state index contributed by atoms with van der Waals surface area (Å²) in [5.41, 5.74) is 11.3. The highest BCUT2D eigenvalue weighted by Gasteiger charge is 2.15. The first-order chi connectivity index (χ1) is 9.29. The molecule has 0 fully saturated rings. The van der Waals surface area contributed by atoms with Gasteiger partial charge in [0.1, 0.15) is 0 Å². The minimum Gasteiger partial charge on any atom is -0.320 e. The highest BCUT2D eigenvalue weighted by molar-refractivity contribution is 6.30. The highest BCUT2D eigenvalue weighted by Crippen LogP contribution is 2.27. The second-order valence-electron chi connectivity index (χ2n) is 6.35. The van der Waals surface area contributed by atoms with Crippen molar-refractivity contribution < 1.29 is 0 Å². The van der Waals surface area contributed by atoms with Gasteiger partial charge in [-0.3, -0.25) is 0 Å². The molecule has 0 aromatic heterocycles. The van der Waals surface area contributed by atoms with Crippen molar-refractivity contribution in [2.45, 2.75) is 39.2 Å². The molecule has 0 amide bonds. The highest BCUT2D eigenvalue weighted by atomic mass is 35.5. The topological polar surface area (TPSA) is 26.0 Å². The summed E-state index contributed by atoms with van der Waals surface area (Å²) >= 11 is 6.00.